The monoisotopic (exact) mass is 447 g/mol. The molecule has 5 aliphatic rings. The first-order valence-electron chi connectivity index (χ1n) is 13.4. The molecule has 1 saturated heterocycles. The fraction of sp³-hybridized carbons (Fsp3) is 0.724. The lowest BCUT2D eigenvalue weighted by Crippen LogP contribution is -2.53. The number of fused-ring (bicyclic) bond motifs is 4. The first-order chi connectivity index (χ1) is 15.8. The van der Waals surface area contributed by atoms with Crippen molar-refractivity contribution in [3.63, 3.8) is 0 Å². The van der Waals surface area contributed by atoms with E-state index in [0.29, 0.717) is 22.4 Å². The predicted molar refractivity (Wildman–Crippen MR) is 132 cm³/mol. The van der Waals surface area contributed by atoms with Crippen LogP contribution in [0.15, 0.2) is 36.2 Å². The summed E-state index contributed by atoms with van der Waals surface area (Å²) in [5, 5.41) is 0. The number of carbonyl (C=O) groups is 1. The highest BCUT2D eigenvalue weighted by atomic mass is 16.2. The summed E-state index contributed by atoms with van der Waals surface area (Å²) in [4.78, 5) is 21.9. The van der Waals surface area contributed by atoms with E-state index in [0.717, 1.165) is 42.6 Å². The van der Waals surface area contributed by atoms with E-state index in [-0.39, 0.29) is 5.91 Å². The van der Waals surface area contributed by atoms with Crippen LogP contribution in [0.2, 0.25) is 0 Å². The maximum absolute atomic E-state index is 13.1. The van der Waals surface area contributed by atoms with Gasteiger partial charge in [0.15, 0.2) is 0 Å². The van der Waals surface area contributed by atoms with Crippen LogP contribution in [-0.4, -0.2) is 53.4 Å². The zero-order chi connectivity index (χ0) is 23.0. The summed E-state index contributed by atoms with van der Waals surface area (Å²) in [7, 11) is 4.36. The first kappa shape index (κ1) is 21.8. The third kappa shape index (κ3) is 3.05. The van der Waals surface area contributed by atoms with Crippen molar-refractivity contribution in [3.05, 3.63) is 41.7 Å². The Labute approximate surface area is 199 Å². The van der Waals surface area contributed by atoms with Crippen molar-refractivity contribution in [1.82, 2.24) is 14.8 Å². The minimum atomic E-state index is 0.113. The minimum Gasteiger partial charge on any atom is -0.338 e. The number of hydrogen-bond acceptors (Lipinski definition) is 3. The van der Waals surface area contributed by atoms with Crippen LogP contribution in [0.25, 0.3) is 0 Å². The Bertz CT molecular complexity index is 959. The molecule has 33 heavy (non-hydrogen) atoms. The standard InChI is InChI=1S/C29H41N3O/c1-19-24-9-10-26-23-8-7-21-16-22(32(4)27(33)20-6-5-15-30-17-20)11-13-28(21,2)25(23)12-14-29(24,26)18-31(19)3/h5-7,15,17,19,22-26H,8-14,16,18H2,1-4H3/t19-,22-,23+,24+,25?,26-,28-,29-/m0/s1. The van der Waals surface area contributed by atoms with Crippen molar-refractivity contribution in [2.75, 3.05) is 20.6 Å². The van der Waals surface area contributed by atoms with Gasteiger partial charge in [-0.05, 0) is 112 Å². The average Bonchev–Trinajstić information content (AvgIpc) is 3.31. The Morgan fingerprint density at radius 2 is 1.97 bits per heavy atom. The maximum Gasteiger partial charge on any atom is 0.255 e. The summed E-state index contributed by atoms with van der Waals surface area (Å²) < 4.78 is 0. The molecule has 4 aliphatic carbocycles. The Hall–Kier alpha value is -1.68. The summed E-state index contributed by atoms with van der Waals surface area (Å²) in [5.74, 6) is 3.68. The van der Waals surface area contributed by atoms with Gasteiger partial charge in [0.2, 0.25) is 0 Å². The molecule has 8 atom stereocenters. The summed E-state index contributed by atoms with van der Waals surface area (Å²) in [6.45, 7) is 6.41. The van der Waals surface area contributed by atoms with Gasteiger partial charge >= 0.3 is 0 Å². The molecule has 1 spiro atoms. The van der Waals surface area contributed by atoms with Crippen molar-refractivity contribution in [1.29, 1.82) is 0 Å². The molecule has 178 valence electrons. The van der Waals surface area contributed by atoms with E-state index >= 15 is 0 Å². The second-order valence-electron chi connectivity index (χ2n) is 12.4. The number of amides is 1. The van der Waals surface area contributed by atoms with E-state index in [1.54, 1.807) is 18.0 Å². The summed E-state index contributed by atoms with van der Waals surface area (Å²) >= 11 is 0. The van der Waals surface area contributed by atoms with Crippen LogP contribution in [0.4, 0.5) is 0 Å². The summed E-state index contributed by atoms with van der Waals surface area (Å²) in [6.07, 6.45) is 16.5. The molecule has 0 radical (unpaired) electrons. The van der Waals surface area contributed by atoms with Gasteiger partial charge in [0.1, 0.15) is 0 Å². The third-order valence-corrected chi connectivity index (χ3v) is 11.5. The fourth-order valence-corrected chi connectivity index (χ4v) is 9.63. The highest BCUT2D eigenvalue weighted by Crippen LogP contribution is 2.68. The molecular weight excluding hydrogens is 406 g/mol. The van der Waals surface area contributed by atoms with Crippen molar-refractivity contribution < 1.29 is 4.79 Å². The van der Waals surface area contributed by atoms with Crippen molar-refractivity contribution in [3.8, 4) is 0 Å². The van der Waals surface area contributed by atoms with Gasteiger partial charge in [-0.1, -0.05) is 18.6 Å². The van der Waals surface area contributed by atoms with Gasteiger partial charge < -0.3 is 9.80 Å². The van der Waals surface area contributed by atoms with E-state index in [9.17, 15) is 4.79 Å². The molecule has 1 unspecified atom stereocenters. The van der Waals surface area contributed by atoms with Gasteiger partial charge in [0.05, 0.1) is 5.56 Å². The molecule has 6 rings (SSSR count). The molecule has 4 fully saturated rings. The van der Waals surface area contributed by atoms with Crippen LogP contribution >= 0.6 is 0 Å². The van der Waals surface area contributed by atoms with Crippen LogP contribution < -0.4 is 0 Å². The zero-order valence-electron chi connectivity index (χ0n) is 21.0. The quantitative estimate of drug-likeness (QED) is 0.569. The van der Waals surface area contributed by atoms with Crippen molar-refractivity contribution >= 4 is 5.91 Å². The smallest absolute Gasteiger partial charge is 0.255 e. The Kier molecular flexibility index (Phi) is 5.07. The molecule has 1 aliphatic heterocycles. The number of carbonyl (C=O) groups excluding carboxylic acids is 1. The molecule has 1 aromatic heterocycles. The molecule has 0 aromatic carbocycles. The third-order valence-electron chi connectivity index (χ3n) is 11.5. The van der Waals surface area contributed by atoms with Crippen molar-refractivity contribution in [2.24, 2.45) is 34.5 Å². The Balaban J connectivity index is 1.22. The molecule has 2 heterocycles. The van der Waals surface area contributed by atoms with Gasteiger partial charge in [0.25, 0.3) is 5.91 Å². The Morgan fingerprint density at radius 1 is 1.15 bits per heavy atom. The number of likely N-dealkylation sites (tertiary alicyclic amines) is 1. The molecule has 4 nitrogen and oxygen atoms in total. The summed E-state index contributed by atoms with van der Waals surface area (Å²) in [6, 6.07) is 4.82. The number of aromatic nitrogens is 1. The predicted octanol–water partition coefficient (Wildman–Crippen LogP) is 5.42. The van der Waals surface area contributed by atoms with Gasteiger partial charge in [-0.2, -0.15) is 0 Å². The molecule has 3 saturated carbocycles. The van der Waals surface area contributed by atoms with Crippen LogP contribution in [-0.2, 0) is 0 Å². The molecular formula is C29H41N3O. The second-order valence-corrected chi connectivity index (χ2v) is 12.4. The van der Waals surface area contributed by atoms with E-state index in [2.05, 4.69) is 36.9 Å². The zero-order valence-corrected chi connectivity index (χ0v) is 21.0. The lowest BCUT2D eigenvalue weighted by Gasteiger charge is -2.58. The normalized spacial score (nSPS) is 44.3. The number of rotatable bonds is 2. The van der Waals surface area contributed by atoms with Crippen LogP contribution in [0, 0.1) is 34.5 Å². The van der Waals surface area contributed by atoms with Gasteiger partial charge in [-0.15, -0.1) is 0 Å². The second kappa shape index (κ2) is 7.66. The van der Waals surface area contributed by atoms with E-state index in [1.165, 1.54) is 45.1 Å². The molecule has 0 bridgehead atoms. The van der Waals surface area contributed by atoms with Crippen LogP contribution in [0.3, 0.4) is 0 Å². The van der Waals surface area contributed by atoms with Crippen LogP contribution in [0.1, 0.15) is 75.6 Å². The summed E-state index contributed by atoms with van der Waals surface area (Å²) in [5.41, 5.74) is 3.31. The van der Waals surface area contributed by atoms with Crippen LogP contribution in [0.5, 0.6) is 0 Å². The number of hydrogen-bond donors (Lipinski definition) is 0. The van der Waals surface area contributed by atoms with Crippen molar-refractivity contribution in [2.45, 2.75) is 77.3 Å². The number of pyridine rings is 1. The number of nitrogens with zero attached hydrogens (tertiary/aromatic N) is 3. The molecule has 0 N–H and O–H groups in total. The largest absolute Gasteiger partial charge is 0.338 e. The highest BCUT2D eigenvalue weighted by Gasteiger charge is 2.64. The van der Waals surface area contributed by atoms with E-state index < -0.39 is 0 Å². The minimum absolute atomic E-state index is 0.113. The average molecular weight is 448 g/mol. The topological polar surface area (TPSA) is 36.4 Å². The molecule has 1 amide bonds. The van der Waals surface area contributed by atoms with Gasteiger partial charge in [-0.3, -0.25) is 9.78 Å². The van der Waals surface area contributed by atoms with E-state index in [1.807, 2.05) is 24.1 Å². The van der Waals surface area contributed by atoms with E-state index in [4.69, 9.17) is 0 Å². The Morgan fingerprint density at radius 3 is 2.76 bits per heavy atom. The highest BCUT2D eigenvalue weighted by molar-refractivity contribution is 5.93. The number of allylic oxidation sites excluding steroid dienone is 1. The molecule has 1 aromatic rings. The lowest BCUT2D eigenvalue weighted by molar-refractivity contribution is -0.0430. The lowest BCUT2D eigenvalue weighted by atomic mass is 9.47. The SMILES string of the molecule is C[C@H]1[C@H]2CC[C@H]3[C@@H]4CC=C5C[C@@H](N(C)C(=O)c6cccnc6)CC[C@]5(C)C4CC[C@]23CN1C. The maximum atomic E-state index is 13.1. The molecule has 4 heteroatoms. The van der Waals surface area contributed by atoms with Gasteiger partial charge in [0, 0.05) is 38.1 Å². The first-order valence-corrected chi connectivity index (χ1v) is 13.4. The fourth-order valence-electron chi connectivity index (χ4n) is 9.63. The van der Waals surface area contributed by atoms with Gasteiger partial charge in [-0.25, -0.2) is 0 Å².